The minimum absolute atomic E-state index is 0.143. The van der Waals surface area contributed by atoms with Crippen LogP contribution in [-0.2, 0) is 6.42 Å². The summed E-state index contributed by atoms with van der Waals surface area (Å²) in [5.41, 5.74) is 2.08. The van der Waals surface area contributed by atoms with Gasteiger partial charge in [0.15, 0.2) is 5.58 Å². The van der Waals surface area contributed by atoms with Crippen LogP contribution in [0.25, 0.3) is 11.0 Å². The number of ether oxygens (including phenoxy) is 2. The van der Waals surface area contributed by atoms with Crippen molar-refractivity contribution in [2.24, 2.45) is 5.41 Å². The summed E-state index contributed by atoms with van der Waals surface area (Å²) >= 11 is 0. The molecule has 0 saturated heterocycles. The molecule has 0 N–H and O–H groups in total. The van der Waals surface area contributed by atoms with Crippen molar-refractivity contribution < 1.29 is 14.0 Å². The first-order valence-electron chi connectivity index (χ1n) is 7.21. The van der Waals surface area contributed by atoms with Crippen LogP contribution in [-0.4, -0.2) is 17.9 Å². The second-order valence-corrected chi connectivity index (χ2v) is 6.39. The van der Waals surface area contributed by atoms with Gasteiger partial charge in [0.1, 0.15) is 11.9 Å². The van der Waals surface area contributed by atoms with E-state index < -0.39 is 0 Å². The Labute approximate surface area is 119 Å². The highest BCUT2D eigenvalue weighted by Crippen LogP contribution is 2.39. The van der Waals surface area contributed by atoms with Gasteiger partial charge in [0.05, 0.1) is 12.0 Å². The van der Waals surface area contributed by atoms with Gasteiger partial charge in [0.25, 0.3) is 5.88 Å². The lowest BCUT2D eigenvalue weighted by atomic mass is 9.84. The molecule has 1 atom stereocenters. The zero-order chi connectivity index (χ0) is 14.3. The molecule has 0 saturated carbocycles. The number of rotatable bonds is 2. The van der Waals surface area contributed by atoms with Crippen LogP contribution in [0.2, 0.25) is 0 Å². The zero-order valence-electron chi connectivity index (χ0n) is 12.5. The zero-order valence-corrected chi connectivity index (χ0v) is 12.5. The lowest BCUT2D eigenvalue weighted by Crippen LogP contribution is -2.35. The number of hydrogen-bond donors (Lipinski definition) is 0. The molecule has 2 aromatic rings. The molecule has 0 spiro atoms. The Morgan fingerprint density at radius 1 is 1.35 bits per heavy atom. The van der Waals surface area contributed by atoms with E-state index in [-0.39, 0.29) is 11.5 Å². The van der Waals surface area contributed by atoms with E-state index in [0.717, 1.165) is 29.6 Å². The van der Waals surface area contributed by atoms with E-state index in [2.05, 4.69) is 32.0 Å². The molecule has 4 heteroatoms. The fourth-order valence-electron chi connectivity index (χ4n) is 2.64. The second kappa shape index (κ2) is 4.69. The fraction of sp³-hybridized carbons (Fsp3) is 0.562. The normalized spacial score (nSPS) is 18.7. The fourth-order valence-corrected chi connectivity index (χ4v) is 2.64. The molecular formula is C16H21NO3. The Morgan fingerprint density at radius 3 is 2.85 bits per heavy atom. The summed E-state index contributed by atoms with van der Waals surface area (Å²) in [7, 11) is 0. The Kier molecular flexibility index (Phi) is 3.11. The number of aryl methyl sites for hydroxylation is 1. The summed E-state index contributed by atoms with van der Waals surface area (Å²) in [5.74, 6) is 1.49. The quantitative estimate of drug-likeness (QED) is 0.832. The van der Waals surface area contributed by atoms with Crippen LogP contribution in [0.3, 0.4) is 0 Å². The van der Waals surface area contributed by atoms with Crippen molar-refractivity contribution in [1.82, 2.24) is 5.16 Å². The lowest BCUT2D eigenvalue weighted by Gasteiger charge is -2.35. The van der Waals surface area contributed by atoms with E-state index in [1.807, 2.05) is 13.0 Å². The van der Waals surface area contributed by atoms with Gasteiger partial charge < -0.3 is 14.0 Å². The summed E-state index contributed by atoms with van der Waals surface area (Å²) in [6.45, 7) is 9.16. The largest absolute Gasteiger partial charge is 0.489 e. The number of aromatic nitrogens is 1. The van der Waals surface area contributed by atoms with Gasteiger partial charge in [-0.1, -0.05) is 20.8 Å². The number of fused-ring (bicyclic) bond motifs is 2. The average Bonchev–Trinajstić information content (AvgIpc) is 2.77. The third kappa shape index (κ3) is 2.23. The van der Waals surface area contributed by atoms with Gasteiger partial charge in [-0.2, -0.15) is 0 Å². The Bertz CT molecular complexity index is 624. The van der Waals surface area contributed by atoms with Gasteiger partial charge in [-0.3, -0.25) is 0 Å². The van der Waals surface area contributed by atoms with Crippen LogP contribution in [0.15, 0.2) is 16.7 Å². The van der Waals surface area contributed by atoms with Crippen LogP contribution >= 0.6 is 0 Å². The predicted molar refractivity (Wildman–Crippen MR) is 77.4 cm³/mol. The van der Waals surface area contributed by atoms with Crippen molar-refractivity contribution in [2.45, 2.75) is 46.6 Å². The first kappa shape index (κ1) is 13.3. The van der Waals surface area contributed by atoms with Crippen molar-refractivity contribution in [3.63, 3.8) is 0 Å². The molecule has 20 heavy (non-hydrogen) atoms. The summed E-state index contributed by atoms with van der Waals surface area (Å²) in [5, 5.41) is 4.90. The highest BCUT2D eigenvalue weighted by atomic mass is 16.5. The molecule has 4 nitrogen and oxygen atoms in total. The number of nitrogens with zero attached hydrogens (tertiary/aromatic N) is 1. The monoisotopic (exact) mass is 275 g/mol. The van der Waals surface area contributed by atoms with Gasteiger partial charge >= 0.3 is 0 Å². The average molecular weight is 275 g/mol. The number of hydrogen-bond acceptors (Lipinski definition) is 4. The third-order valence-electron chi connectivity index (χ3n) is 3.81. The van der Waals surface area contributed by atoms with Crippen LogP contribution in [0, 0.1) is 5.41 Å². The Balaban J connectivity index is 1.98. The van der Waals surface area contributed by atoms with Gasteiger partial charge in [-0.25, -0.2) is 0 Å². The third-order valence-corrected chi connectivity index (χ3v) is 3.81. The van der Waals surface area contributed by atoms with E-state index >= 15 is 0 Å². The molecule has 2 heterocycles. The maximum Gasteiger partial charge on any atom is 0.262 e. The topological polar surface area (TPSA) is 44.5 Å². The molecule has 1 aliphatic heterocycles. The molecule has 1 aromatic heterocycles. The molecule has 0 bridgehead atoms. The number of benzene rings is 1. The Hall–Kier alpha value is -1.71. The molecular weight excluding hydrogens is 254 g/mol. The first-order chi connectivity index (χ1) is 9.49. The van der Waals surface area contributed by atoms with Crippen molar-refractivity contribution in [3.05, 3.63) is 17.7 Å². The smallest absolute Gasteiger partial charge is 0.262 e. The van der Waals surface area contributed by atoms with Gasteiger partial charge in [0.2, 0.25) is 0 Å². The van der Waals surface area contributed by atoms with Crippen molar-refractivity contribution >= 4 is 11.0 Å². The van der Waals surface area contributed by atoms with Crippen LogP contribution in [0.1, 0.15) is 39.7 Å². The minimum Gasteiger partial charge on any atom is -0.489 e. The lowest BCUT2D eigenvalue weighted by molar-refractivity contribution is 0.0675. The molecule has 0 unspecified atom stereocenters. The van der Waals surface area contributed by atoms with Crippen molar-refractivity contribution in [1.29, 1.82) is 0 Å². The summed E-state index contributed by atoms with van der Waals surface area (Å²) in [6.07, 6.45) is 2.29. The highest BCUT2D eigenvalue weighted by Gasteiger charge is 2.31. The van der Waals surface area contributed by atoms with E-state index in [1.165, 1.54) is 5.56 Å². The molecule has 0 fully saturated rings. The van der Waals surface area contributed by atoms with E-state index in [9.17, 15) is 0 Å². The summed E-state index contributed by atoms with van der Waals surface area (Å²) < 4.78 is 17.0. The van der Waals surface area contributed by atoms with Crippen LogP contribution in [0.4, 0.5) is 0 Å². The molecule has 0 radical (unpaired) electrons. The van der Waals surface area contributed by atoms with Gasteiger partial charge in [0, 0.05) is 6.07 Å². The maximum absolute atomic E-state index is 6.15. The SMILES string of the molecule is CCOc1noc2cc3c(cc12)CC[C@H](C(C)(C)C)O3. The molecule has 1 aromatic carbocycles. The molecule has 0 amide bonds. The van der Waals surface area contributed by atoms with Crippen molar-refractivity contribution in [3.8, 4) is 11.6 Å². The van der Waals surface area contributed by atoms with Crippen LogP contribution < -0.4 is 9.47 Å². The maximum atomic E-state index is 6.15. The molecule has 3 rings (SSSR count). The predicted octanol–water partition coefficient (Wildman–Crippen LogP) is 3.97. The minimum atomic E-state index is 0.143. The summed E-state index contributed by atoms with van der Waals surface area (Å²) in [6, 6.07) is 4.03. The summed E-state index contributed by atoms with van der Waals surface area (Å²) in [4.78, 5) is 0. The molecule has 108 valence electrons. The van der Waals surface area contributed by atoms with Gasteiger partial charge in [-0.05, 0) is 42.0 Å². The van der Waals surface area contributed by atoms with E-state index in [4.69, 9.17) is 14.0 Å². The second-order valence-electron chi connectivity index (χ2n) is 6.39. The van der Waals surface area contributed by atoms with Crippen molar-refractivity contribution in [2.75, 3.05) is 6.61 Å². The Morgan fingerprint density at radius 2 is 2.15 bits per heavy atom. The van der Waals surface area contributed by atoms with Crippen LogP contribution in [0.5, 0.6) is 11.6 Å². The standard InChI is InChI=1S/C16H21NO3/c1-5-18-15-11-8-10-6-7-14(16(2,3)4)19-12(10)9-13(11)20-17-15/h8-9,14H,5-7H2,1-4H3/t14-/m1/s1. The highest BCUT2D eigenvalue weighted by molar-refractivity contribution is 5.84. The van der Waals surface area contributed by atoms with E-state index in [1.54, 1.807) is 0 Å². The molecule has 0 aliphatic carbocycles. The molecule has 1 aliphatic rings. The van der Waals surface area contributed by atoms with E-state index in [0.29, 0.717) is 12.5 Å². The van der Waals surface area contributed by atoms with Gasteiger partial charge in [-0.15, -0.1) is 0 Å². The first-order valence-corrected chi connectivity index (χ1v) is 7.21.